The molecule has 7 nitrogen and oxygen atoms in total. The summed E-state index contributed by atoms with van der Waals surface area (Å²) in [5.41, 5.74) is 0.713. The first-order chi connectivity index (χ1) is 17.9. The van der Waals surface area contributed by atoms with Gasteiger partial charge in [0, 0.05) is 39.1 Å². The average Bonchev–Trinajstić information content (AvgIpc) is 2.87. The summed E-state index contributed by atoms with van der Waals surface area (Å²) < 4.78 is 66.5. The number of carbonyl (C=O) groups excluding carboxylic acids is 3. The molecule has 3 unspecified atom stereocenters. The van der Waals surface area contributed by atoms with Crippen molar-refractivity contribution in [2.45, 2.75) is 44.1 Å². The number of amides is 3. The highest BCUT2D eigenvalue weighted by Gasteiger charge is 2.42. The zero-order valence-electron chi connectivity index (χ0n) is 20.9. The van der Waals surface area contributed by atoms with Gasteiger partial charge in [-0.05, 0) is 42.7 Å². The van der Waals surface area contributed by atoms with Gasteiger partial charge in [-0.15, -0.1) is 0 Å². The Labute approximate surface area is 217 Å². The molecule has 2 aromatic carbocycles. The molecule has 0 aliphatic carbocycles. The van der Waals surface area contributed by atoms with Gasteiger partial charge in [-0.25, -0.2) is 8.78 Å². The van der Waals surface area contributed by atoms with Crippen molar-refractivity contribution in [3.8, 4) is 0 Å². The van der Waals surface area contributed by atoms with Crippen LogP contribution in [0.5, 0.6) is 0 Å². The number of carbonyl (C=O) groups is 3. The largest absolute Gasteiger partial charge is 0.471 e. The molecule has 2 N–H and O–H groups in total. The van der Waals surface area contributed by atoms with Crippen LogP contribution in [0.4, 0.5) is 22.0 Å². The lowest BCUT2D eigenvalue weighted by Crippen LogP contribution is -2.62. The zero-order valence-corrected chi connectivity index (χ0v) is 20.9. The number of nitrogens with one attached hydrogen (secondary N) is 2. The summed E-state index contributed by atoms with van der Waals surface area (Å²) in [7, 11) is 1.46. The van der Waals surface area contributed by atoms with Gasteiger partial charge in [0.05, 0.1) is 6.04 Å². The van der Waals surface area contributed by atoms with Crippen molar-refractivity contribution in [1.29, 1.82) is 0 Å². The number of hydrogen-bond donors (Lipinski definition) is 2. The van der Waals surface area contributed by atoms with Crippen LogP contribution in [0.25, 0.3) is 0 Å². The van der Waals surface area contributed by atoms with E-state index >= 15 is 0 Å². The Kier molecular flexibility index (Phi) is 9.42. The van der Waals surface area contributed by atoms with Crippen molar-refractivity contribution < 1.29 is 36.3 Å². The number of likely N-dealkylation sites (N-methyl/N-ethyl adjacent to an activating group) is 1. The summed E-state index contributed by atoms with van der Waals surface area (Å²) in [6.07, 6.45) is -5.39. The van der Waals surface area contributed by atoms with Gasteiger partial charge in [-0.3, -0.25) is 19.3 Å². The predicted molar refractivity (Wildman–Crippen MR) is 129 cm³/mol. The van der Waals surface area contributed by atoms with Gasteiger partial charge >= 0.3 is 12.1 Å². The fraction of sp³-hybridized carbons (Fsp3) is 0.423. The molecule has 1 heterocycles. The minimum absolute atomic E-state index is 0.0621. The van der Waals surface area contributed by atoms with Crippen molar-refractivity contribution in [3.05, 3.63) is 71.3 Å². The molecule has 0 radical (unpaired) electrons. The molecule has 1 fully saturated rings. The van der Waals surface area contributed by atoms with Crippen LogP contribution in [-0.4, -0.2) is 78.5 Å². The lowest BCUT2D eigenvalue weighted by atomic mass is 10.00. The zero-order chi connectivity index (χ0) is 28.0. The van der Waals surface area contributed by atoms with Gasteiger partial charge in [0.2, 0.25) is 11.8 Å². The Balaban J connectivity index is 1.77. The molecule has 0 saturated carbocycles. The molecular formula is C26H29F5N4O3. The second-order valence-corrected chi connectivity index (χ2v) is 9.16. The van der Waals surface area contributed by atoms with Gasteiger partial charge < -0.3 is 15.5 Å². The molecule has 3 atom stereocenters. The normalized spacial score (nSPS) is 18.0. The van der Waals surface area contributed by atoms with E-state index in [0.29, 0.717) is 11.1 Å². The Morgan fingerprint density at radius 2 is 1.66 bits per heavy atom. The van der Waals surface area contributed by atoms with E-state index in [2.05, 4.69) is 5.32 Å². The third kappa shape index (κ3) is 7.27. The highest BCUT2D eigenvalue weighted by atomic mass is 19.4. The van der Waals surface area contributed by atoms with Gasteiger partial charge in [0.25, 0.3) is 0 Å². The van der Waals surface area contributed by atoms with E-state index < -0.39 is 47.8 Å². The Bertz CT molecular complexity index is 1140. The second kappa shape index (κ2) is 12.3. The van der Waals surface area contributed by atoms with Gasteiger partial charge in [0.15, 0.2) is 0 Å². The summed E-state index contributed by atoms with van der Waals surface area (Å²) >= 11 is 0. The summed E-state index contributed by atoms with van der Waals surface area (Å²) in [4.78, 5) is 40.9. The van der Waals surface area contributed by atoms with Crippen LogP contribution < -0.4 is 10.6 Å². The van der Waals surface area contributed by atoms with Gasteiger partial charge in [0.1, 0.15) is 17.7 Å². The number of alkyl halides is 3. The smallest absolute Gasteiger partial charge is 0.358 e. The van der Waals surface area contributed by atoms with E-state index in [1.165, 1.54) is 30.1 Å². The number of nitrogens with zero attached hydrogens (tertiary/aromatic N) is 2. The number of halogens is 5. The molecule has 1 saturated heterocycles. The summed E-state index contributed by atoms with van der Waals surface area (Å²) in [6.45, 7) is 2.12. The number of hydrogen-bond acceptors (Lipinski definition) is 4. The molecule has 0 aromatic heterocycles. The molecule has 38 heavy (non-hydrogen) atoms. The van der Waals surface area contributed by atoms with Crippen molar-refractivity contribution in [3.63, 3.8) is 0 Å². The SMILES string of the molecule is CNC(=O)C(Cc1ccccc1F)N1CCN(C(=O)C(Cc2ccc(F)cc2)NC(=O)C(F)(F)F)C(C)C1. The topological polar surface area (TPSA) is 81.8 Å². The standard InChI is InChI=1S/C26H29F5N4O3/c1-16-15-34(22(23(36)32-2)14-18-5-3-4-6-20(18)28)11-12-35(16)24(37)21(33-25(38)26(29,30)31)13-17-7-9-19(27)10-8-17/h3-10,16,21-22H,11-15H2,1-2H3,(H,32,36)(H,33,38). The fourth-order valence-electron chi connectivity index (χ4n) is 4.52. The average molecular weight is 541 g/mol. The number of rotatable bonds is 8. The third-order valence-corrected chi connectivity index (χ3v) is 6.52. The highest BCUT2D eigenvalue weighted by Crippen LogP contribution is 2.21. The molecule has 1 aliphatic heterocycles. The van der Waals surface area contributed by atoms with E-state index in [1.54, 1.807) is 35.3 Å². The molecule has 0 bridgehead atoms. The van der Waals surface area contributed by atoms with E-state index in [9.17, 15) is 36.3 Å². The third-order valence-electron chi connectivity index (χ3n) is 6.52. The van der Waals surface area contributed by atoms with Crippen molar-refractivity contribution in [2.24, 2.45) is 0 Å². The maximum atomic E-state index is 14.3. The molecule has 1 aliphatic rings. The van der Waals surface area contributed by atoms with Crippen LogP contribution in [0.1, 0.15) is 18.1 Å². The first-order valence-electron chi connectivity index (χ1n) is 12.0. The van der Waals surface area contributed by atoms with Crippen LogP contribution >= 0.6 is 0 Å². The lowest BCUT2D eigenvalue weighted by Gasteiger charge is -2.43. The van der Waals surface area contributed by atoms with Crippen molar-refractivity contribution in [1.82, 2.24) is 20.4 Å². The minimum Gasteiger partial charge on any atom is -0.358 e. The van der Waals surface area contributed by atoms with E-state index in [-0.39, 0.29) is 38.4 Å². The van der Waals surface area contributed by atoms with E-state index in [4.69, 9.17) is 0 Å². The summed E-state index contributed by atoms with van der Waals surface area (Å²) in [6, 6.07) is 8.13. The molecule has 3 rings (SSSR count). The van der Waals surface area contributed by atoms with Gasteiger partial charge in [-0.1, -0.05) is 30.3 Å². The molecule has 2 aromatic rings. The van der Waals surface area contributed by atoms with Crippen LogP contribution in [0.2, 0.25) is 0 Å². The maximum Gasteiger partial charge on any atom is 0.471 e. The number of benzene rings is 2. The van der Waals surface area contributed by atoms with Crippen LogP contribution in [-0.2, 0) is 27.2 Å². The maximum absolute atomic E-state index is 14.3. The fourth-order valence-corrected chi connectivity index (χ4v) is 4.52. The molecule has 206 valence electrons. The Hall–Kier alpha value is -3.54. The first-order valence-corrected chi connectivity index (χ1v) is 12.0. The van der Waals surface area contributed by atoms with Crippen molar-refractivity contribution in [2.75, 3.05) is 26.7 Å². The van der Waals surface area contributed by atoms with E-state index in [0.717, 1.165) is 12.1 Å². The monoisotopic (exact) mass is 540 g/mol. The number of piperazine rings is 1. The van der Waals surface area contributed by atoms with Crippen LogP contribution in [0.3, 0.4) is 0 Å². The Morgan fingerprint density at radius 3 is 2.24 bits per heavy atom. The molecule has 12 heteroatoms. The van der Waals surface area contributed by atoms with E-state index in [1.807, 2.05) is 0 Å². The van der Waals surface area contributed by atoms with Crippen LogP contribution in [0, 0.1) is 11.6 Å². The second-order valence-electron chi connectivity index (χ2n) is 9.16. The first kappa shape index (κ1) is 29.0. The quantitative estimate of drug-likeness (QED) is 0.505. The summed E-state index contributed by atoms with van der Waals surface area (Å²) in [5, 5.41) is 4.34. The highest BCUT2D eigenvalue weighted by molar-refractivity contribution is 5.90. The molecule has 0 spiro atoms. The minimum atomic E-state index is -5.20. The van der Waals surface area contributed by atoms with Crippen molar-refractivity contribution >= 4 is 17.7 Å². The van der Waals surface area contributed by atoms with Gasteiger partial charge in [-0.2, -0.15) is 13.2 Å². The lowest BCUT2D eigenvalue weighted by molar-refractivity contribution is -0.175. The molecular weight excluding hydrogens is 511 g/mol. The predicted octanol–water partition coefficient (Wildman–Crippen LogP) is 2.44. The summed E-state index contributed by atoms with van der Waals surface area (Å²) in [5.74, 6) is -4.33. The van der Waals surface area contributed by atoms with Crippen LogP contribution in [0.15, 0.2) is 48.5 Å². The molecule has 3 amide bonds. The Morgan fingerprint density at radius 1 is 1.00 bits per heavy atom.